The van der Waals surface area contributed by atoms with Gasteiger partial charge in [0.1, 0.15) is 0 Å². The maximum absolute atomic E-state index is 11.3. The summed E-state index contributed by atoms with van der Waals surface area (Å²) in [7, 11) is 0. The first-order valence-electron chi connectivity index (χ1n) is 8.29. The van der Waals surface area contributed by atoms with E-state index in [2.05, 4.69) is 0 Å². The van der Waals surface area contributed by atoms with Gasteiger partial charge in [0.2, 0.25) is 11.9 Å². The maximum atomic E-state index is 11.3. The van der Waals surface area contributed by atoms with Crippen LogP contribution < -0.4 is 10.6 Å². The number of carbonyl (C=O) groups is 1. The van der Waals surface area contributed by atoms with Gasteiger partial charge in [-0.2, -0.15) is 0 Å². The molecule has 1 aliphatic carbocycles. The van der Waals surface area contributed by atoms with E-state index in [4.69, 9.17) is 15.7 Å². The summed E-state index contributed by atoms with van der Waals surface area (Å²) in [5.41, 5.74) is 9.99. The van der Waals surface area contributed by atoms with Crippen LogP contribution in [0.4, 0.5) is 5.95 Å². The van der Waals surface area contributed by atoms with Crippen molar-refractivity contribution in [1.82, 2.24) is 9.97 Å². The second-order valence-corrected chi connectivity index (χ2v) is 6.55. The summed E-state index contributed by atoms with van der Waals surface area (Å²) >= 11 is 0. The third-order valence-electron chi connectivity index (χ3n) is 5.05. The summed E-state index contributed by atoms with van der Waals surface area (Å²) in [6.45, 7) is 2.55. The molecule has 6 heteroatoms. The number of hydrogen-bond donors (Lipinski definition) is 2. The Morgan fingerprint density at radius 3 is 2.62 bits per heavy atom. The molecular formula is C18H20N4O2. The van der Waals surface area contributed by atoms with Crippen LogP contribution in [0.15, 0.2) is 24.3 Å². The van der Waals surface area contributed by atoms with E-state index in [-0.39, 0.29) is 12.1 Å². The Balaban J connectivity index is 1.77. The number of aliphatic hydroxyl groups is 1. The fraction of sp³-hybridized carbons (Fsp3) is 0.389. The molecule has 0 radical (unpaired) electrons. The largest absolute Gasteiger partial charge is 0.389 e. The van der Waals surface area contributed by atoms with Gasteiger partial charge in [-0.05, 0) is 38.3 Å². The van der Waals surface area contributed by atoms with Crippen LogP contribution in [0.1, 0.15) is 35.0 Å². The van der Waals surface area contributed by atoms with Crippen molar-refractivity contribution in [3.63, 3.8) is 0 Å². The molecule has 24 heavy (non-hydrogen) atoms. The quantitative estimate of drug-likeness (QED) is 0.888. The highest BCUT2D eigenvalue weighted by molar-refractivity contribution is 5.93. The van der Waals surface area contributed by atoms with Gasteiger partial charge in [0.15, 0.2) is 0 Å². The Morgan fingerprint density at radius 2 is 2.00 bits per heavy atom. The van der Waals surface area contributed by atoms with Crippen LogP contribution in [0.3, 0.4) is 0 Å². The topological polar surface area (TPSA) is 92.3 Å². The Morgan fingerprint density at radius 1 is 1.25 bits per heavy atom. The van der Waals surface area contributed by atoms with Crippen molar-refractivity contribution < 1.29 is 9.90 Å². The molecule has 124 valence electrons. The number of nitrogens with two attached hydrogens (primary N) is 1. The fourth-order valence-electron chi connectivity index (χ4n) is 3.43. The van der Waals surface area contributed by atoms with Gasteiger partial charge in [-0.25, -0.2) is 9.97 Å². The SMILES string of the molecule is C[C@H]1[C@@H](O)CN1c1nc2c(c(-c3ccc(C(N)=O)cc3)n1)CCC2. The first-order chi connectivity index (χ1) is 11.5. The molecule has 0 unspecified atom stereocenters. The molecule has 2 aromatic rings. The van der Waals surface area contributed by atoms with Crippen LogP contribution in [0.5, 0.6) is 0 Å². The predicted molar refractivity (Wildman–Crippen MR) is 90.8 cm³/mol. The van der Waals surface area contributed by atoms with Gasteiger partial charge >= 0.3 is 0 Å². The van der Waals surface area contributed by atoms with Crippen molar-refractivity contribution >= 4 is 11.9 Å². The van der Waals surface area contributed by atoms with Crippen LogP contribution in [-0.4, -0.2) is 39.7 Å². The number of primary amides is 1. The zero-order valence-electron chi connectivity index (χ0n) is 13.6. The van der Waals surface area contributed by atoms with Crippen LogP contribution in [0.25, 0.3) is 11.3 Å². The second-order valence-electron chi connectivity index (χ2n) is 6.55. The molecule has 1 aliphatic heterocycles. The highest BCUT2D eigenvalue weighted by Crippen LogP contribution is 2.34. The average molecular weight is 324 g/mol. The van der Waals surface area contributed by atoms with Gasteiger partial charge in [-0.3, -0.25) is 4.79 Å². The average Bonchev–Trinajstić information content (AvgIpc) is 3.07. The minimum atomic E-state index is -0.432. The smallest absolute Gasteiger partial charge is 0.248 e. The standard InChI is InChI=1S/C18H20N4O2/c1-10-15(23)9-22(10)18-20-14-4-2-3-13(14)16(21-18)11-5-7-12(8-6-11)17(19)24/h5-8,10,15,23H,2-4,9H2,1H3,(H2,19,24)/t10-,15-/m0/s1. The highest BCUT2D eigenvalue weighted by Gasteiger charge is 2.36. The number of aromatic nitrogens is 2. The van der Waals surface area contributed by atoms with Gasteiger partial charge < -0.3 is 15.7 Å². The number of fused-ring (bicyclic) bond motifs is 1. The summed E-state index contributed by atoms with van der Waals surface area (Å²) in [5.74, 6) is 0.251. The number of hydrogen-bond acceptors (Lipinski definition) is 5. The third-order valence-corrected chi connectivity index (χ3v) is 5.05. The van der Waals surface area contributed by atoms with Gasteiger partial charge in [0.05, 0.1) is 17.8 Å². The number of carbonyl (C=O) groups excluding carboxylic acids is 1. The van der Waals surface area contributed by atoms with Crippen LogP contribution >= 0.6 is 0 Å². The van der Waals surface area contributed by atoms with Gasteiger partial charge in [0.25, 0.3) is 0 Å². The number of nitrogens with zero attached hydrogens (tertiary/aromatic N) is 3. The van der Waals surface area contributed by atoms with E-state index in [9.17, 15) is 9.90 Å². The first kappa shape index (κ1) is 15.1. The molecule has 1 aromatic heterocycles. The van der Waals surface area contributed by atoms with Crippen molar-refractivity contribution in [3.05, 3.63) is 41.1 Å². The Kier molecular flexibility index (Phi) is 3.49. The maximum Gasteiger partial charge on any atom is 0.248 e. The molecule has 2 atom stereocenters. The second kappa shape index (κ2) is 5.56. The predicted octanol–water partition coefficient (Wildman–Crippen LogP) is 1.30. The minimum absolute atomic E-state index is 0.0366. The van der Waals surface area contributed by atoms with Gasteiger partial charge in [0, 0.05) is 28.9 Å². The molecule has 1 fully saturated rings. The summed E-state index contributed by atoms with van der Waals surface area (Å²) in [6.07, 6.45) is 2.70. The molecule has 1 saturated heterocycles. The molecule has 1 aromatic carbocycles. The van der Waals surface area contributed by atoms with Gasteiger partial charge in [-0.15, -0.1) is 0 Å². The number of amides is 1. The lowest BCUT2D eigenvalue weighted by atomic mass is 10.0. The lowest BCUT2D eigenvalue weighted by Gasteiger charge is -2.43. The van der Waals surface area contributed by atoms with Gasteiger partial charge in [-0.1, -0.05) is 12.1 Å². The van der Waals surface area contributed by atoms with Crippen molar-refractivity contribution in [2.75, 3.05) is 11.4 Å². The van der Waals surface area contributed by atoms with E-state index in [1.54, 1.807) is 12.1 Å². The third kappa shape index (κ3) is 2.34. The normalized spacial score (nSPS) is 22.2. The number of aliphatic hydroxyl groups excluding tert-OH is 1. The van der Waals surface area contributed by atoms with E-state index in [1.165, 1.54) is 5.56 Å². The lowest BCUT2D eigenvalue weighted by molar-refractivity contribution is 0.0978. The van der Waals surface area contributed by atoms with Crippen molar-refractivity contribution in [3.8, 4) is 11.3 Å². The molecule has 2 heterocycles. The van der Waals surface area contributed by atoms with Crippen LogP contribution in [0, 0.1) is 0 Å². The Bertz CT molecular complexity index is 803. The summed E-state index contributed by atoms with van der Waals surface area (Å²) in [4.78, 5) is 22.8. The van der Waals surface area contributed by atoms with E-state index in [0.29, 0.717) is 18.1 Å². The van der Waals surface area contributed by atoms with Crippen molar-refractivity contribution in [2.45, 2.75) is 38.3 Å². The van der Waals surface area contributed by atoms with E-state index >= 15 is 0 Å². The molecular weight excluding hydrogens is 304 g/mol. The molecule has 4 rings (SSSR count). The van der Waals surface area contributed by atoms with Crippen LogP contribution in [0.2, 0.25) is 0 Å². The first-order valence-corrected chi connectivity index (χ1v) is 8.29. The summed E-state index contributed by atoms with van der Waals surface area (Å²) in [6, 6.07) is 7.28. The number of aryl methyl sites for hydroxylation is 1. The molecule has 6 nitrogen and oxygen atoms in total. The molecule has 0 spiro atoms. The monoisotopic (exact) mass is 324 g/mol. The minimum Gasteiger partial charge on any atom is -0.389 e. The molecule has 3 N–H and O–H groups in total. The number of anilines is 1. The highest BCUT2D eigenvalue weighted by atomic mass is 16.3. The fourth-order valence-corrected chi connectivity index (χ4v) is 3.43. The Labute approximate surface area is 140 Å². The number of β-amino-alcohol motifs (C(OH)–C–C–N with tert-alkyl or cyclic N) is 1. The van der Waals surface area contributed by atoms with E-state index < -0.39 is 5.91 Å². The lowest BCUT2D eigenvalue weighted by Crippen LogP contribution is -2.59. The zero-order chi connectivity index (χ0) is 16.8. The number of benzene rings is 1. The summed E-state index contributed by atoms with van der Waals surface area (Å²) < 4.78 is 0. The zero-order valence-corrected chi connectivity index (χ0v) is 13.6. The molecule has 0 saturated carbocycles. The summed E-state index contributed by atoms with van der Waals surface area (Å²) in [5, 5.41) is 9.77. The van der Waals surface area contributed by atoms with E-state index in [1.807, 2.05) is 24.0 Å². The van der Waals surface area contributed by atoms with Crippen molar-refractivity contribution in [1.29, 1.82) is 0 Å². The Hall–Kier alpha value is -2.47. The molecule has 1 amide bonds. The van der Waals surface area contributed by atoms with E-state index in [0.717, 1.165) is 36.2 Å². The molecule has 2 aliphatic rings. The van der Waals surface area contributed by atoms with Crippen molar-refractivity contribution in [2.24, 2.45) is 5.73 Å². The van der Waals surface area contributed by atoms with Crippen LogP contribution in [-0.2, 0) is 12.8 Å². The molecule has 0 bridgehead atoms. The number of rotatable bonds is 3.